The quantitative estimate of drug-likeness (QED) is 0.308. The van der Waals surface area contributed by atoms with E-state index in [-0.39, 0.29) is 22.9 Å². The van der Waals surface area contributed by atoms with Crippen molar-refractivity contribution in [2.45, 2.75) is 70.9 Å². The van der Waals surface area contributed by atoms with Gasteiger partial charge in [0.05, 0.1) is 24.8 Å². The number of rotatable bonds is 6. The molecule has 0 unspecified atom stereocenters. The van der Waals surface area contributed by atoms with Gasteiger partial charge in [0.15, 0.2) is 0 Å². The first-order chi connectivity index (χ1) is 19.6. The Balaban J connectivity index is 1.28. The molecule has 5 rings (SSSR count). The number of aryl methyl sites for hydroxylation is 1. The van der Waals surface area contributed by atoms with Gasteiger partial charge >= 0.3 is 0 Å². The first kappa shape index (κ1) is 28.3. The van der Waals surface area contributed by atoms with Crippen LogP contribution in [0.3, 0.4) is 0 Å². The Morgan fingerprint density at radius 2 is 1.68 bits per heavy atom. The van der Waals surface area contributed by atoms with E-state index in [0.29, 0.717) is 17.9 Å². The van der Waals surface area contributed by atoms with E-state index in [0.717, 1.165) is 31.4 Å². The van der Waals surface area contributed by atoms with Crippen molar-refractivity contribution in [1.29, 1.82) is 0 Å². The molecule has 8 nitrogen and oxygen atoms in total. The number of nitrogens with one attached hydrogen (secondary N) is 2. The second kappa shape index (κ2) is 11.4. The standard InChI is InChI=1S/C33H36N4O4/c1-22(2)41-29-14-13-26(18-28(29)34-5)31(39)36-35-30(38)25-12-11-24-15-16-33(19-27(24)17-25)21-40-32(3,4)37(33)20-23-9-7-6-8-10-23/h6-14,17-18,22H,15-16,19-21H2,1-4H3,(H,35,38)(H,36,39)/t33-/m0/s1. The molecular formula is C33H36N4O4. The molecule has 1 aliphatic carbocycles. The molecule has 1 fully saturated rings. The molecule has 1 atom stereocenters. The third-order valence-corrected chi connectivity index (χ3v) is 7.94. The maximum absolute atomic E-state index is 13.1. The number of carbonyl (C=O) groups excluding carboxylic acids is 2. The van der Waals surface area contributed by atoms with Crippen molar-refractivity contribution < 1.29 is 19.1 Å². The summed E-state index contributed by atoms with van der Waals surface area (Å²) in [6.45, 7) is 16.8. The highest BCUT2D eigenvalue weighted by atomic mass is 16.5. The lowest BCUT2D eigenvalue weighted by atomic mass is 9.76. The molecule has 1 heterocycles. The summed E-state index contributed by atoms with van der Waals surface area (Å²) in [5.74, 6) is -0.506. The largest absolute Gasteiger partial charge is 0.502 e. The zero-order valence-electron chi connectivity index (χ0n) is 24.0. The van der Waals surface area contributed by atoms with Gasteiger partial charge < -0.3 is 9.47 Å². The highest BCUT2D eigenvalue weighted by Gasteiger charge is 2.52. The van der Waals surface area contributed by atoms with Crippen molar-refractivity contribution in [2.75, 3.05) is 6.61 Å². The first-order valence-corrected chi connectivity index (χ1v) is 14.0. The summed E-state index contributed by atoms with van der Waals surface area (Å²) in [6, 6.07) is 20.8. The maximum Gasteiger partial charge on any atom is 0.269 e. The van der Waals surface area contributed by atoms with Crippen LogP contribution in [0.2, 0.25) is 0 Å². The van der Waals surface area contributed by atoms with Gasteiger partial charge in [0, 0.05) is 17.7 Å². The molecule has 2 aliphatic rings. The molecule has 1 aliphatic heterocycles. The van der Waals surface area contributed by atoms with Crippen molar-refractivity contribution in [3.05, 3.63) is 106 Å². The number of fused-ring (bicyclic) bond motifs is 1. The molecule has 41 heavy (non-hydrogen) atoms. The van der Waals surface area contributed by atoms with Gasteiger partial charge in [-0.15, -0.1) is 0 Å². The van der Waals surface area contributed by atoms with E-state index in [9.17, 15) is 9.59 Å². The Hall–Kier alpha value is -4.19. The van der Waals surface area contributed by atoms with Crippen LogP contribution in [-0.4, -0.2) is 40.7 Å². The monoisotopic (exact) mass is 552 g/mol. The van der Waals surface area contributed by atoms with Gasteiger partial charge in [-0.2, -0.15) is 0 Å². The van der Waals surface area contributed by atoms with Crippen molar-refractivity contribution in [2.24, 2.45) is 0 Å². The summed E-state index contributed by atoms with van der Waals surface area (Å²) >= 11 is 0. The smallest absolute Gasteiger partial charge is 0.269 e. The normalized spacial score (nSPS) is 19.4. The average molecular weight is 553 g/mol. The number of benzene rings is 3. The average Bonchev–Trinajstić information content (AvgIpc) is 3.20. The van der Waals surface area contributed by atoms with Crippen LogP contribution in [0.4, 0.5) is 5.69 Å². The van der Waals surface area contributed by atoms with E-state index < -0.39 is 17.5 Å². The summed E-state index contributed by atoms with van der Waals surface area (Å²) in [7, 11) is 0. The van der Waals surface area contributed by atoms with E-state index in [1.54, 1.807) is 18.2 Å². The number of ether oxygens (including phenoxy) is 2. The lowest BCUT2D eigenvalue weighted by molar-refractivity contribution is -0.0673. The molecule has 0 aromatic heterocycles. The minimum atomic E-state index is -0.516. The van der Waals surface area contributed by atoms with Gasteiger partial charge in [0.2, 0.25) is 5.69 Å². The van der Waals surface area contributed by atoms with E-state index >= 15 is 0 Å². The fourth-order valence-corrected chi connectivity index (χ4v) is 5.86. The maximum atomic E-state index is 13.1. The molecule has 2 N–H and O–H groups in total. The lowest BCUT2D eigenvalue weighted by Gasteiger charge is -2.45. The van der Waals surface area contributed by atoms with E-state index in [4.69, 9.17) is 16.0 Å². The van der Waals surface area contributed by atoms with Crippen LogP contribution in [0.1, 0.15) is 71.5 Å². The molecule has 0 saturated carbocycles. The highest BCUT2D eigenvalue weighted by molar-refractivity contribution is 5.99. The number of nitrogens with zero attached hydrogens (tertiary/aromatic N) is 2. The Labute approximate surface area is 241 Å². The Morgan fingerprint density at radius 3 is 2.37 bits per heavy atom. The van der Waals surface area contributed by atoms with Crippen LogP contribution in [0.5, 0.6) is 5.75 Å². The number of carbonyl (C=O) groups is 2. The van der Waals surface area contributed by atoms with Gasteiger partial charge in [0.1, 0.15) is 11.5 Å². The molecule has 3 aromatic carbocycles. The summed E-state index contributed by atoms with van der Waals surface area (Å²) in [6.07, 6.45) is 2.56. The molecule has 3 aromatic rings. The molecule has 212 valence electrons. The highest BCUT2D eigenvalue weighted by Crippen LogP contribution is 2.44. The van der Waals surface area contributed by atoms with Gasteiger partial charge in [0.25, 0.3) is 11.8 Å². The van der Waals surface area contributed by atoms with E-state index in [1.807, 2.05) is 32.0 Å². The fraction of sp³-hybridized carbons (Fsp3) is 0.364. The third-order valence-electron chi connectivity index (χ3n) is 7.94. The second-order valence-corrected chi connectivity index (χ2v) is 11.6. The molecule has 0 radical (unpaired) electrons. The summed E-state index contributed by atoms with van der Waals surface area (Å²) in [4.78, 5) is 31.7. The lowest BCUT2D eigenvalue weighted by Crippen LogP contribution is -2.54. The summed E-state index contributed by atoms with van der Waals surface area (Å²) in [5.41, 5.74) is 8.98. The predicted octanol–water partition coefficient (Wildman–Crippen LogP) is 5.60. The van der Waals surface area contributed by atoms with Crippen LogP contribution in [-0.2, 0) is 24.1 Å². The van der Waals surface area contributed by atoms with Gasteiger partial charge in [-0.1, -0.05) is 36.4 Å². The van der Waals surface area contributed by atoms with Crippen LogP contribution in [0.15, 0.2) is 66.7 Å². The molecular weight excluding hydrogens is 516 g/mol. The Bertz CT molecular complexity index is 1490. The Kier molecular flexibility index (Phi) is 7.85. The van der Waals surface area contributed by atoms with E-state index in [2.05, 4.69) is 58.7 Å². The first-order valence-electron chi connectivity index (χ1n) is 14.0. The number of hydrazine groups is 1. The van der Waals surface area contributed by atoms with Gasteiger partial charge in [-0.25, -0.2) is 4.85 Å². The number of hydrogen-bond acceptors (Lipinski definition) is 5. The third kappa shape index (κ3) is 5.97. The van der Waals surface area contributed by atoms with E-state index in [1.165, 1.54) is 17.2 Å². The van der Waals surface area contributed by atoms with Crippen molar-refractivity contribution >= 4 is 17.5 Å². The van der Waals surface area contributed by atoms with Crippen LogP contribution >= 0.6 is 0 Å². The molecule has 1 spiro atoms. The second-order valence-electron chi connectivity index (χ2n) is 11.6. The van der Waals surface area contributed by atoms with Gasteiger partial charge in [-0.3, -0.25) is 25.3 Å². The van der Waals surface area contributed by atoms with Crippen molar-refractivity contribution in [3.8, 4) is 5.75 Å². The van der Waals surface area contributed by atoms with Crippen LogP contribution < -0.4 is 15.6 Å². The van der Waals surface area contributed by atoms with Gasteiger partial charge in [-0.05, 0) is 94.0 Å². The molecule has 1 saturated heterocycles. The van der Waals surface area contributed by atoms with Crippen molar-refractivity contribution in [1.82, 2.24) is 15.8 Å². The molecule has 8 heteroatoms. The number of amides is 2. The minimum Gasteiger partial charge on any atom is -0.502 e. The summed E-state index contributed by atoms with van der Waals surface area (Å²) in [5, 5.41) is 0. The predicted molar refractivity (Wildman–Crippen MR) is 157 cm³/mol. The Morgan fingerprint density at radius 1 is 1.00 bits per heavy atom. The minimum absolute atomic E-state index is 0.0967. The SMILES string of the molecule is [C-]#[N+]c1cc(C(=O)NNC(=O)c2ccc3c(c2)C[C@@]2(CC3)COC(C)(C)N2Cc2ccccc2)ccc1OC(C)C. The zero-order chi connectivity index (χ0) is 29.2. The number of hydrogen-bond donors (Lipinski definition) is 2. The summed E-state index contributed by atoms with van der Waals surface area (Å²) < 4.78 is 12.0. The zero-order valence-corrected chi connectivity index (χ0v) is 24.0. The van der Waals surface area contributed by atoms with Crippen LogP contribution in [0.25, 0.3) is 4.85 Å². The molecule has 2 amide bonds. The van der Waals surface area contributed by atoms with Crippen LogP contribution in [0, 0.1) is 6.57 Å². The molecule has 0 bridgehead atoms. The topological polar surface area (TPSA) is 84.3 Å². The fourth-order valence-electron chi connectivity index (χ4n) is 5.86. The van der Waals surface area contributed by atoms with Crippen molar-refractivity contribution in [3.63, 3.8) is 0 Å².